The first-order valence-corrected chi connectivity index (χ1v) is 9.30. The molecule has 3 aromatic rings. The number of halogens is 1. The van der Waals surface area contributed by atoms with Crippen LogP contribution in [-0.2, 0) is 16.1 Å². The fourth-order valence-corrected chi connectivity index (χ4v) is 3.67. The van der Waals surface area contributed by atoms with Crippen LogP contribution in [0.3, 0.4) is 0 Å². The van der Waals surface area contributed by atoms with Gasteiger partial charge in [0.05, 0.1) is 28.7 Å². The molecule has 0 aliphatic carbocycles. The summed E-state index contributed by atoms with van der Waals surface area (Å²) >= 11 is 1.52. The summed E-state index contributed by atoms with van der Waals surface area (Å²) in [6, 6.07) is 9.87. The van der Waals surface area contributed by atoms with Crippen LogP contribution in [0, 0.1) is 11.7 Å². The van der Waals surface area contributed by atoms with Crippen LogP contribution in [-0.4, -0.2) is 23.3 Å². The van der Waals surface area contributed by atoms with Crippen LogP contribution in [0.1, 0.15) is 12.1 Å². The Labute approximate surface area is 158 Å². The summed E-state index contributed by atoms with van der Waals surface area (Å²) in [6.07, 6.45) is 1.56. The molecule has 1 aliphatic heterocycles. The molecule has 1 N–H and O–H groups in total. The monoisotopic (exact) mass is 385 g/mol. The minimum atomic E-state index is -0.527. The quantitative estimate of drug-likeness (QED) is 0.732. The van der Waals surface area contributed by atoms with Crippen LogP contribution in [0.15, 0.2) is 52.5 Å². The van der Waals surface area contributed by atoms with Gasteiger partial charge < -0.3 is 14.6 Å². The molecule has 0 radical (unpaired) electrons. The number of hydrogen-bond donors (Lipinski definition) is 1. The van der Waals surface area contributed by atoms with E-state index >= 15 is 0 Å². The lowest BCUT2D eigenvalue weighted by Crippen LogP contribution is -2.32. The molecule has 2 aromatic heterocycles. The van der Waals surface area contributed by atoms with E-state index in [1.54, 1.807) is 12.1 Å². The Kier molecular flexibility index (Phi) is 4.72. The van der Waals surface area contributed by atoms with E-state index in [9.17, 15) is 14.0 Å². The minimum Gasteiger partial charge on any atom is -0.443 e. The highest BCUT2D eigenvalue weighted by Gasteiger charge is 2.36. The van der Waals surface area contributed by atoms with Crippen LogP contribution >= 0.6 is 11.3 Å². The number of thiophene rings is 1. The number of rotatable bonds is 5. The average molecular weight is 385 g/mol. The normalized spacial score (nSPS) is 16.7. The highest BCUT2D eigenvalue weighted by molar-refractivity contribution is 7.13. The largest absolute Gasteiger partial charge is 0.443 e. The maximum Gasteiger partial charge on any atom is 0.236 e. The molecule has 2 amide bonds. The summed E-state index contributed by atoms with van der Waals surface area (Å²) < 4.78 is 19.3. The van der Waals surface area contributed by atoms with E-state index < -0.39 is 11.7 Å². The molecule has 1 saturated heterocycles. The number of hydrogen-bond acceptors (Lipinski definition) is 5. The molecule has 1 aliphatic rings. The van der Waals surface area contributed by atoms with Gasteiger partial charge >= 0.3 is 0 Å². The molecule has 0 unspecified atom stereocenters. The summed E-state index contributed by atoms with van der Waals surface area (Å²) in [5, 5.41) is 4.71. The molecule has 1 aromatic carbocycles. The van der Waals surface area contributed by atoms with Gasteiger partial charge in [0, 0.05) is 13.0 Å². The summed E-state index contributed by atoms with van der Waals surface area (Å²) in [4.78, 5) is 31.2. The predicted octanol–water partition coefficient (Wildman–Crippen LogP) is 3.21. The van der Waals surface area contributed by atoms with Crippen molar-refractivity contribution in [3.05, 3.63) is 59.6 Å². The number of nitrogens with zero attached hydrogens (tertiary/aromatic N) is 2. The Morgan fingerprint density at radius 3 is 2.96 bits per heavy atom. The van der Waals surface area contributed by atoms with Crippen LogP contribution in [0.5, 0.6) is 0 Å². The van der Waals surface area contributed by atoms with Crippen molar-refractivity contribution in [1.29, 1.82) is 0 Å². The fraction of sp³-hybridized carbons (Fsp3) is 0.211. The highest BCUT2D eigenvalue weighted by Crippen LogP contribution is 2.27. The van der Waals surface area contributed by atoms with E-state index in [4.69, 9.17) is 4.42 Å². The van der Waals surface area contributed by atoms with Crippen molar-refractivity contribution in [2.24, 2.45) is 5.92 Å². The van der Waals surface area contributed by atoms with Crippen LogP contribution in [0.25, 0.3) is 10.8 Å². The molecule has 8 heteroatoms. The number of para-hydroxylation sites is 1. The number of carbonyl (C=O) groups is 2. The Morgan fingerprint density at radius 2 is 2.19 bits per heavy atom. The number of benzene rings is 1. The molecule has 4 rings (SSSR count). The molecular formula is C19H16FN3O3S. The fourth-order valence-electron chi connectivity index (χ4n) is 3.01. The average Bonchev–Trinajstić information content (AvgIpc) is 3.40. The first-order valence-electron chi connectivity index (χ1n) is 8.42. The van der Waals surface area contributed by atoms with Gasteiger partial charge in [0.25, 0.3) is 0 Å². The van der Waals surface area contributed by atoms with E-state index in [2.05, 4.69) is 10.3 Å². The van der Waals surface area contributed by atoms with Gasteiger partial charge in [-0.25, -0.2) is 9.37 Å². The van der Waals surface area contributed by atoms with E-state index in [1.165, 1.54) is 34.6 Å². The Balaban J connectivity index is 1.37. The molecule has 3 heterocycles. The van der Waals surface area contributed by atoms with Crippen molar-refractivity contribution in [2.45, 2.75) is 13.0 Å². The minimum absolute atomic E-state index is 0.0550. The topological polar surface area (TPSA) is 75.4 Å². The second kappa shape index (κ2) is 7.32. The molecule has 6 nitrogen and oxygen atoms in total. The van der Waals surface area contributed by atoms with Crippen molar-refractivity contribution in [1.82, 2.24) is 10.3 Å². The molecule has 1 fully saturated rings. The van der Waals surface area contributed by atoms with Crippen LogP contribution in [0.4, 0.5) is 10.1 Å². The lowest BCUT2D eigenvalue weighted by atomic mass is 10.1. The van der Waals surface area contributed by atoms with Crippen molar-refractivity contribution in [3.63, 3.8) is 0 Å². The third-order valence-electron chi connectivity index (χ3n) is 4.37. The zero-order chi connectivity index (χ0) is 18.8. The van der Waals surface area contributed by atoms with Gasteiger partial charge in [0.2, 0.25) is 17.7 Å². The van der Waals surface area contributed by atoms with E-state index in [0.29, 0.717) is 11.6 Å². The predicted molar refractivity (Wildman–Crippen MR) is 98.5 cm³/mol. The lowest BCUT2D eigenvalue weighted by molar-refractivity contribution is -0.126. The van der Waals surface area contributed by atoms with Gasteiger partial charge in [0.1, 0.15) is 12.1 Å². The number of oxazole rings is 1. The summed E-state index contributed by atoms with van der Waals surface area (Å²) in [5.74, 6) is -1.02. The first kappa shape index (κ1) is 17.4. The molecular weight excluding hydrogens is 369 g/mol. The van der Waals surface area contributed by atoms with E-state index in [0.717, 1.165) is 4.88 Å². The van der Waals surface area contributed by atoms with Crippen molar-refractivity contribution < 1.29 is 18.4 Å². The second-order valence-electron chi connectivity index (χ2n) is 6.20. The SMILES string of the molecule is O=C(NCc1coc(-c2cccs2)n1)[C@@H]1CC(=O)N(c2ccccc2F)C1. The van der Waals surface area contributed by atoms with Gasteiger partial charge in [-0.2, -0.15) is 0 Å². The molecule has 0 saturated carbocycles. The summed E-state index contributed by atoms with van der Waals surface area (Å²) in [5.41, 5.74) is 0.803. The Morgan fingerprint density at radius 1 is 1.33 bits per heavy atom. The Hall–Kier alpha value is -3.00. The van der Waals surface area contributed by atoms with Crippen LogP contribution in [0.2, 0.25) is 0 Å². The van der Waals surface area contributed by atoms with Crippen molar-refractivity contribution >= 4 is 28.8 Å². The van der Waals surface area contributed by atoms with Gasteiger partial charge in [0.15, 0.2) is 0 Å². The summed E-state index contributed by atoms with van der Waals surface area (Å²) in [6.45, 7) is 0.364. The number of carbonyl (C=O) groups excluding carboxylic acids is 2. The Bertz CT molecular complexity index is 970. The van der Waals surface area contributed by atoms with E-state index in [-0.39, 0.29) is 37.0 Å². The van der Waals surface area contributed by atoms with Gasteiger partial charge in [-0.05, 0) is 23.6 Å². The molecule has 0 bridgehead atoms. The third kappa shape index (κ3) is 3.61. The number of amides is 2. The summed E-state index contributed by atoms with van der Waals surface area (Å²) in [7, 11) is 0. The van der Waals surface area contributed by atoms with Crippen LogP contribution < -0.4 is 10.2 Å². The number of anilines is 1. The van der Waals surface area contributed by atoms with Crippen molar-refractivity contribution in [3.8, 4) is 10.8 Å². The lowest BCUT2D eigenvalue weighted by Gasteiger charge is -2.17. The van der Waals surface area contributed by atoms with E-state index in [1.807, 2.05) is 17.5 Å². The van der Waals surface area contributed by atoms with Gasteiger partial charge in [-0.1, -0.05) is 18.2 Å². The third-order valence-corrected chi connectivity index (χ3v) is 5.22. The highest BCUT2D eigenvalue weighted by atomic mass is 32.1. The second-order valence-corrected chi connectivity index (χ2v) is 7.14. The molecule has 27 heavy (non-hydrogen) atoms. The smallest absolute Gasteiger partial charge is 0.236 e. The molecule has 1 atom stereocenters. The number of aromatic nitrogens is 1. The molecule has 138 valence electrons. The van der Waals surface area contributed by atoms with Gasteiger partial charge in [-0.15, -0.1) is 11.3 Å². The molecule has 0 spiro atoms. The maximum atomic E-state index is 13.9. The van der Waals surface area contributed by atoms with Crippen molar-refractivity contribution in [2.75, 3.05) is 11.4 Å². The number of nitrogens with one attached hydrogen (secondary N) is 1. The zero-order valence-corrected chi connectivity index (χ0v) is 15.0. The van der Waals surface area contributed by atoms with Gasteiger partial charge in [-0.3, -0.25) is 9.59 Å². The maximum absolute atomic E-state index is 13.9. The first-order chi connectivity index (χ1) is 13.1. The zero-order valence-electron chi connectivity index (χ0n) is 14.2. The standard InChI is InChI=1S/C19H16FN3O3S/c20-14-4-1-2-5-15(14)23-10-12(8-17(23)24)18(25)21-9-13-11-26-19(22-13)16-6-3-7-27-16/h1-7,11-12H,8-10H2,(H,21,25)/t12-/m1/s1.